The van der Waals surface area contributed by atoms with Gasteiger partial charge < -0.3 is 10.6 Å². The van der Waals surface area contributed by atoms with Gasteiger partial charge in [-0.3, -0.25) is 0 Å². The summed E-state index contributed by atoms with van der Waals surface area (Å²) < 4.78 is 0. The Labute approximate surface area is 113 Å². The number of anilines is 2. The second-order valence-electron chi connectivity index (χ2n) is 4.21. The van der Waals surface area contributed by atoms with Gasteiger partial charge in [-0.25, -0.2) is 0 Å². The van der Waals surface area contributed by atoms with E-state index in [1.54, 1.807) is 0 Å². The first-order chi connectivity index (χ1) is 8.66. The van der Waals surface area contributed by atoms with E-state index < -0.39 is 0 Å². The lowest BCUT2D eigenvalue weighted by Gasteiger charge is -2.14. The highest BCUT2D eigenvalue weighted by molar-refractivity contribution is 7.80. The average Bonchev–Trinajstić information content (AvgIpc) is 2.35. The Bertz CT molecular complexity index is 529. The van der Waals surface area contributed by atoms with Crippen LogP contribution < -0.4 is 10.6 Å². The molecule has 2 rings (SSSR count). The summed E-state index contributed by atoms with van der Waals surface area (Å²) in [4.78, 5) is 0. The molecule has 0 aromatic heterocycles. The van der Waals surface area contributed by atoms with Crippen molar-refractivity contribution >= 4 is 28.7 Å². The van der Waals surface area contributed by atoms with Crippen LogP contribution in [0, 0.1) is 13.8 Å². The Morgan fingerprint density at radius 1 is 0.833 bits per heavy atom. The molecule has 92 valence electrons. The van der Waals surface area contributed by atoms with Gasteiger partial charge in [-0.05, 0) is 49.3 Å². The molecule has 2 aromatic rings. The maximum absolute atomic E-state index is 5.32. The highest BCUT2D eigenvalue weighted by atomic mass is 32.1. The van der Waals surface area contributed by atoms with Gasteiger partial charge >= 0.3 is 0 Å². The number of rotatable bonds is 2. The van der Waals surface area contributed by atoms with Crippen molar-refractivity contribution in [2.24, 2.45) is 0 Å². The SMILES string of the molecule is Cc1cccc(C)c1NC(=S)Nc1ccccc1. The maximum atomic E-state index is 5.32. The summed E-state index contributed by atoms with van der Waals surface area (Å²) >= 11 is 5.32. The molecule has 0 heterocycles. The Hall–Kier alpha value is -1.87. The molecule has 3 heteroatoms. The van der Waals surface area contributed by atoms with Gasteiger partial charge in [0, 0.05) is 11.4 Å². The zero-order chi connectivity index (χ0) is 13.0. The van der Waals surface area contributed by atoms with Crippen LogP contribution in [-0.2, 0) is 0 Å². The molecule has 2 aromatic carbocycles. The van der Waals surface area contributed by atoms with E-state index in [0.29, 0.717) is 5.11 Å². The largest absolute Gasteiger partial charge is 0.332 e. The third-order valence-electron chi connectivity index (χ3n) is 2.75. The molecule has 0 saturated heterocycles. The maximum Gasteiger partial charge on any atom is 0.175 e. The molecule has 0 amide bonds. The van der Waals surface area contributed by atoms with Crippen LogP contribution in [0.5, 0.6) is 0 Å². The van der Waals surface area contributed by atoms with Crippen LogP contribution in [0.2, 0.25) is 0 Å². The first kappa shape index (κ1) is 12.6. The molecule has 0 aliphatic rings. The number of hydrogen-bond acceptors (Lipinski definition) is 1. The Kier molecular flexibility index (Phi) is 3.95. The number of thiocarbonyl (C=S) groups is 1. The second kappa shape index (κ2) is 5.65. The highest BCUT2D eigenvalue weighted by Gasteiger charge is 2.04. The van der Waals surface area contributed by atoms with Crippen LogP contribution in [0.3, 0.4) is 0 Å². The summed E-state index contributed by atoms with van der Waals surface area (Å²) in [5.41, 5.74) is 4.44. The lowest BCUT2D eigenvalue weighted by molar-refractivity contribution is 1.37. The fourth-order valence-corrected chi connectivity index (χ4v) is 2.03. The molecule has 0 radical (unpaired) electrons. The van der Waals surface area contributed by atoms with Crippen LogP contribution in [0.15, 0.2) is 48.5 Å². The molecule has 0 aliphatic carbocycles. The van der Waals surface area contributed by atoms with E-state index >= 15 is 0 Å². The van der Waals surface area contributed by atoms with E-state index in [4.69, 9.17) is 12.2 Å². The predicted molar refractivity (Wildman–Crippen MR) is 82.2 cm³/mol. The third kappa shape index (κ3) is 3.08. The Morgan fingerprint density at radius 3 is 2.06 bits per heavy atom. The van der Waals surface area contributed by atoms with Gasteiger partial charge in [0.1, 0.15) is 0 Å². The quantitative estimate of drug-likeness (QED) is 0.791. The summed E-state index contributed by atoms with van der Waals surface area (Å²) in [6.07, 6.45) is 0. The molecule has 18 heavy (non-hydrogen) atoms. The van der Waals surface area contributed by atoms with E-state index in [0.717, 1.165) is 11.4 Å². The minimum atomic E-state index is 0.610. The monoisotopic (exact) mass is 256 g/mol. The van der Waals surface area contributed by atoms with Crippen molar-refractivity contribution in [2.75, 3.05) is 10.6 Å². The minimum Gasteiger partial charge on any atom is -0.332 e. The molecular formula is C15H16N2S. The van der Waals surface area contributed by atoms with Crippen molar-refractivity contribution in [3.8, 4) is 0 Å². The molecule has 0 saturated carbocycles. The summed E-state index contributed by atoms with van der Waals surface area (Å²) in [7, 11) is 0. The van der Waals surface area contributed by atoms with Crippen LogP contribution in [0.4, 0.5) is 11.4 Å². The van der Waals surface area contributed by atoms with Crippen molar-refractivity contribution in [3.05, 3.63) is 59.7 Å². The summed E-state index contributed by atoms with van der Waals surface area (Å²) in [5, 5.41) is 7.02. The zero-order valence-corrected chi connectivity index (χ0v) is 11.3. The van der Waals surface area contributed by atoms with E-state index in [1.165, 1.54) is 11.1 Å². The third-order valence-corrected chi connectivity index (χ3v) is 2.96. The van der Waals surface area contributed by atoms with Crippen LogP contribution in [-0.4, -0.2) is 5.11 Å². The van der Waals surface area contributed by atoms with Crippen LogP contribution in [0.25, 0.3) is 0 Å². The molecule has 0 unspecified atom stereocenters. The van der Waals surface area contributed by atoms with Crippen molar-refractivity contribution in [2.45, 2.75) is 13.8 Å². The molecule has 0 aliphatic heterocycles. The smallest absolute Gasteiger partial charge is 0.175 e. The topological polar surface area (TPSA) is 24.1 Å². The minimum absolute atomic E-state index is 0.610. The normalized spacial score (nSPS) is 9.89. The number of benzene rings is 2. The highest BCUT2D eigenvalue weighted by Crippen LogP contribution is 2.19. The number of aryl methyl sites for hydroxylation is 2. The standard InChI is InChI=1S/C15H16N2S/c1-11-7-6-8-12(2)14(11)17-15(18)16-13-9-4-3-5-10-13/h3-10H,1-2H3,(H2,16,17,18). The lowest BCUT2D eigenvalue weighted by atomic mass is 10.1. The fourth-order valence-electron chi connectivity index (χ4n) is 1.81. The van der Waals surface area contributed by atoms with Gasteiger partial charge in [-0.15, -0.1) is 0 Å². The lowest BCUT2D eigenvalue weighted by Crippen LogP contribution is -2.20. The summed E-state index contributed by atoms with van der Waals surface area (Å²) in [6.45, 7) is 4.14. The van der Waals surface area contributed by atoms with Gasteiger partial charge in [-0.2, -0.15) is 0 Å². The van der Waals surface area contributed by atoms with Crippen LogP contribution >= 0.6 is 12.2 Å². The van der Waals surface area contributed by atoms with Gasteiger partial charge in [0.15, 0.2) is 5.11 Å². The predicted octanol–water partition coefficient (Wildman–Crippen LogP) is 4.11. The molecular weight excluding hydrogens is 240 g/mol. The van der Waals surface area contributed by atoms with Crippen molar-refractivity contribution in [1.29, 1.82) is 0 Å². The van der Waals surface area contributed by atoms with Crippen molar-refractivity contribution < 1.29 is 0 Å². The number of para-hydroxylation sites is 2. The first-order valence-electron chi connectivity index (χ1n) is 5.86. The van der Waals surface area contributed by atoms with E-state index in [2.05, 4.69) is 36.6 Å². The molecule has 0 fully saturated rings. The van der Waals surface area contributed by atoms with Crippen LogP contribution in [0.1, 0.15) is 11.1 Å². The van der Waals surface area contributed by atoms with Gasteiger partial charge in [0.2, 0.25) is 0 Å². The molecule has 2 N–H and O–H groups in total. The summed E-state index contributed by atoms with van der Waals surface area (Å²) in [6, 6.07) is 16.1. The molecule has 0 bridgehead atoms. The van der Waals surface area contributed by atoms with Gasteiger partial charge in [-0.1, -0.05) is 36.4 Å². The average molecular weight is 256 g/mol. The van der Waals surface area contributed by atoms with Gasteiger partial charge in [0.25, 0.3) is 0 Å². The van der Waals surface area contributed by atoms with E-state index in [-0.39, 0.29) is 0 Å². The fraction of sp³-hybridized carbons (Fsp3) is 0.133. The van der Waals surface area contributed by atoms with E-state index in [9.17, 15) is 0 Å². The molecule has 0 spiro atoms. The summed E-state index contributed by atoms with van der Waals surface area (Å²) in [5.74, 6) is 0. The van der Waals surface area contributed by atoms with Crippen molar-refractivity contribution in [1.82, 2.24) is 0 Å². The zero-order valence-electron chi connectivity index (χ0n) is 10.5. The number of nitrogens with one attached hydrogen (secondary N) is 2. The number of hydrogen-bond donors (Lipinski definition) is 2. The molecule has 2 nitrogen and oxygen atoms in total. The first-order valence-corrected chi connectivity index (χ1v) is 6.27. The Balaban J connectivity index is 2.08. The Morgan fingerprint density at radius 2 is 1.44 bits per heavy atom. The van der Waals surface area contributed by atoms with Gasteiger partial charge in [0.05, 0.1) is 0 Å². The molecule has 0 atom stereocenters. The second-order valence-corrected chi connectivity index (χ2v) is 4.62. The van der Waals surface area contributed by atoms with E-state index in [1.807, 2.05) is 36.4 Å². The van der Waals surface area contributed by atoms with Crippen molar-refractivity contribution in [3.63, 3.8) is 0 Å².